The van der Waals surface area contributed by atoms with Crippen LogP contribution in [-0.4, -0.2) is 11.5 Å². The van der Waals surface area contributed by atoms with Gasteiger partial charge in [-0.25, -0.2) is 0 Å². The molecule has 0 saturated carbocycles. The maximum Gasteiger partial charge on any atom is 0.201 e. The molecule has 0 amide bonds. The average molecular weight is 171 g/mol. The first-order chi connectivity index (χ1) is 6.36. The van der Waals surface area contributed by atoms with Crippen LogP contribution in [0.5, 0.6) is 0 Å². The third kappa shape index (κ3) is 1.72. The predicted molar refractivity (Wildman–Crippen MR) is 51.7 cm³/mol. The van der Waals surface area contributed by atoms with Crippen LogP contribution >= 0.6 is 0 Å². The molecule has 2 rings (SSSR count). The highest BCUT2D eigenvalue weighted by Gasteiger charge is 2.11. The van der Waals surface area contributed by atoms with Gasteiger partial charge < -0.3 is 0 Å². The lowest BCUT2D eigenvalue weighted by molar-refractivity contribution is -0.108. The van der Waals surface area contributed by atoms with Gasteiger partial charge in [-0.15, -0.1) is 0 Å². The highest BCUT2D eigenvalue weighted by molar-refractivity contribution is 6.45. The zero-order valence-electron chi connectivity index (χ0n) is 7.10. The average Bonchev–Trinajstić information content (AvgIpc) is 2.54. The summed E-state index contributed by atoms with van der Waals surface area (Å²) in [5, 5.41) is 0. The number of aliphatic imine (C=N–C) groups is 1. The van der Waals surface area contributed by atoms with Gasteiger partial charge in [0, 0.05) is 18.7 Å². The summed E-state index contributed by atoms with van der Waals surface area (Å²) in [6.07, 6.45) is 3.69. The Balaban J connectivity index is 2.12. The molecule has 13 heavy (non-hydrogen) atoms. The molecule has 0 N–H and O–H groups in total. The van der Waals surface area contributed by atoms with E-state index in [1.165, 1.54) is 6.08 Å². The molecule has 0 spiro atoms. The Bertz CT molecular complexity index is 376. The van der Waals surface area contributed by atoms with Crippen molar-refractivity contribution in [1.29, 1.82) is 0 Å². The molecule has 2 heteroatoms. The molecule has 0 unspecified atom stereocenters. The minimum absolute atomic E-state index is 0.0313. The van der Waals surface area contributed by atoms with Gasteiger partial charge in [0.25, 0.3) is 0 Å². The van der Waals surface area contributed by atoms with Gasteiger partial charge in [-0.1, -0.05) is 30.3 Å². The normalized spacial score (nSPS) is 14.8. The lowest BCUT2D eigenvalue weighted by Gasteiger charge is -1.98. The van der Waals surface area contributed by atoms with Crippen LogP contribution < -0.4 is 0 Å². The molecule has 0 aliphatic carbocycles. The van der Waals surface area contributed by atoms with Gasteiger partial charge in [-0.2, -0.15) is 0 Å². The summed E-state index contributed by atoms with van der Waals surface area (Å²) in [7, 11) is 0. The topological polar surface area (TPSA) is 29.4 Å². The van der Waals surface area contributed by atoms with Crippen LogP contribution in [0.3, 0.4) is 0 Å². The molecule has 1 aliphatic heterocycles. The summed E-state index contributed by atoms with van der Waals surface area (Å²) in [4.78, 5) is 15.2. The lowest BCUT2D eigenvalue weighted by atomic mass is 10.1. The highest BCUT2D eigenvalue weighted by Crippen LogP contribution is 2.05. The molecule has 1 aliphatic rings. The number of ketones is 1. The van der Waals surface area contributed by atoms with E-state index in [0.29, 0.717) is 12.1 Å². The van der Waals surface area contributed by atoms with Crippen molar-refractivity contribution >= 4 is 11.5 Å². The van der Waals surface area contributed by atoms with E-state index >= 15 is 0 Å². The van der Waals surface area contributed by atoms with Crippen LogP contribution in [0.2, 0.25) is 0 Å². The van der Waals surface area contributed by atoms with Crippen molar-refractivity contribution in [2.75, 3.05) is 0 Å². The van der Waals surface area contributed by atoms with Gasteiger partial charge in [0.2, 0.25) is 5.78 Å². The van der Waals surface area contributed by atoms with Crippen molar-refractivity contribution in [2.45, 2.75) is 6.42 Å². The Labute approximate surface area is 76.6 Å². The van der Waals surface area contributed by atoms with E-state index in [9.17, 15) is 4.79 Å². The molecule has 0 saturated heterocycles. The van der Waals surface area contributed by atoms with Crippen molar-refractivity contribution in [2.24, 2.45) is 4.99 Å². The van der Waals surface area contributed by atoms with Gasteiger partial charge in [0.1, 0.15) is 0 Å². The molecule has 1 heterocycles. The number of hydrogen-bond acceptors (Lipinski definition) is 2. The fourth-order valence-electron chi connectivity index (χ4n) is 1.28. The summed E-state index contributed by atoms with van der Waals surface area (Å²) < 4.78 is 0. The van der Waals surface area contributed by atoms with E-state index < -0.39 is 0 Å². The van der Waals surface area contributed by atoms with Crippen LogP contribution in [-0.2, 0) is 11.2 Å². The Hall–Kier alpha value is -1.70. The number of nitrogens with zero attached hydrogens (tertiary/aromatic N) is 1. The first kappa shape index (κ1) is 7.92. The first-order valence-corrected chi connectivity index (χ1v) is 4.18. The number of benzene rings is 1. The van der Waals surface area contributed by atoms with E-state index in [4.69, 9.17) is 0 Å². The zero-order valence-corrected chi connectivity index (χ0v) is 7.10. The van der Waals surface area contributed by atoms with Gasteiger partial charge in [0.05, 0.1) is 5.71 Å². The number of allylic oxidation sites excluding steroid dienone is 1. The van der Waals surface area contributed by atoms with Crippen molar-refractivity contribution in [3.63, 3.8) is 0 Å². The Morgan fingerprint density at radius 2 is 1.92 bits per heavy atom. The van der Waals surface area contributed by atoms with Gasteiger partial charge in [-0.05, 0) is 5.56 Å². The molecule has 0 bridgehead atoms. The molecule has 2 nitrogen and oxygen atoms in total. The van der Waals surface area contributed by atoms with Crippen LogP contribution in [0.25, 0.3) is 0 Å². The summed E-state index contributed by atoms with van der Waals surface area (Å²) in [6, 6.07) is 9.87. The molecule has 0 radical (unpaired) electrons. The molecule has 1 aromatic rings. The summed E-state index contributed by atoms with van der Waals surface area (Å²) in [6.45, 7) is 0. The van der Waals surface area contributed by atoms with Crippen molar-refractivity contribution in [3.05, 3.63) is 48.2 Å². The lowest BCUT2D eigenvalue weighted by Crippen LogP contribution is -2.10. The Morgan fingerprint density at radius 1 is 1.15 bits per heavy atom. The number of rotatable bonds is 2. The van der Waals surface area contributed by atoms with E-state index in [1.54, 1.807) is 6.20 Å². The van der Waals surface area contributed by atoms with Crippen LogP contribution in [0, 0.1) is 0 Å². The quantitative estimate of drug-likeness (QED) is 0.666. The largest absolute Gasteiger partial charge is 0.288 e. The summed E-state index contributed by atoms with van der Waals surface area (Å²) in [5.41, 5.74) is 1.75. The standard InChI is InChI=1S/C11H9NO/c13-11-6-7-12-10(11)8-9-4-2-1-3-5-9/h1-7H,8H2. The highest BCUT2D eigenvalue weighted by atomic mass is 16.1. The minimum atomic E-state index is 0.0313. The van der Waals surface area contributed by atoms with Crippen molar-refractivity contribution in [3.8, 4) is 0 Å². The third-order valence-corrected chi connectivity index (χ3v) is 1.96. The summed E-state index contributed by atoms with van der Waals surface area (Å²) >= 11 is 0. The number of carbonyl (C=O) groups excluding carboxylic acids is 1. The fourth-order valence-corrected chi connectivity index (χ4v) is 1.28. The molecule has 0 aromatic heterocycles. The molecule has 0 fully saturated rings. The van der Waals surface area contributed by atoms with Crippen LogP contribution in [0.15, 0.2) is 47.6 Å². The van der Waals surface area contributed by atoms with Gasteiger partial charge >= 0.3 is 0 Å². The Kier molecular flexibility index (Phi) is 2.04. The number of hydrogen-bond donors (Lipinski definition) is 0. The maximum absolute atomic E-state index is 11.2. The first-order valence-electron chi connectivity index (χ1n) is 4.18. The smallest absolute Gasteiger partial charge is 0.201 e. The minimum Gasteiger partial charge on any atom is -0.288 e. The molecule has 0 atom stereocenters. The third-order valence-electron chi connectivity index (χ3n) is 1.96. The van der Waals surface area contributed by atoms with Crippen molar-refractivity contribution < 1.29 is 4.79 Å². The SMILES string of the molecule is O=C1C=CN=C1Cc1ccccc1. The van der Waals surface area contributed by atoms with E-state index in [1.807, 2.05) is 30.3 Å². The Morgan fingerprint density at radius 3 is 2.54 bits per heavy atom. The van der Waals surface area contributed by atoms with E-state index in [0.717, 1.165) is 5.56 Å². The second kappa shape index (κ2) is 3.35. The molecular formula is C11H9NO. The second-order valence-electron chi connectivity index (χ2n) is 2.92. The van der Waals surface area contributed by atoms with Crippen LogP contribution in [0.1, 0.15) is 5.56 Å². The van der Waals surface area contributed by atoms with Gasteiger partial charge in [0.15, 0.2) is 0 Å². The van der Waals surface area contributed by atoms with Crippen molar-refractivity contribution in [1.82, 2.24) is 0 Å². The fraction of sp³-hybridized carbons (Fsp3) is 0.0909. The van der Waals surface area contributed by atoms with E-state index in [2.05, 4.69) is 4.99 Å². The summed E-state index contributed by atoms with van der Waals surface area (Å²) in [5.74, 6) is 0.0313. The molecule has 1 aromatic carbocycles. The number of carbonyl (C=O) groups is 1. The van der Waals surface area contributed by atoms with Crippen LogP contribution in [0.4, 0.5) is 0 Å². The monoisotopic (exact) mass is 171 g/mol. The molecule has 64 valence electrons. The maximum atomic E-state index is 11.2. The van der Waals surface area contributed by atoms with Gasteiger partial charge in [-0.3, -0.25) is 9.79 Å². The predicted octanol–water partition coefficient (Wildman–Crippen LogP) is 1.77. The van der Waals surface area contributed by atoms with E-state index in [-0.39, 0.29) is 5.78 Å². The zero-order chi connectivity index (χ0) is 9.10. The molecular weight excluding hydrogens is 162 g/mol. The second-order valence-corrected chi connectivity index (χ2v) is 2.92.